The van der Waals surface area contributed by atoms with Crippen LogP contribution in [0.5, 0.6) is 0 Å². The van der Waals surface area contributed by atoms with E-state index in [1.54, 1.807) is 4.90 Å². The molecule has 4 N–H and O–H groups in total. The highest BCUT2D eigenvalue weighted by Crippen LogP contribution is 2.07. The Hall–Kier alpha value is -1.14. The summed E-state index contributed by atoms with van der Waals surface area (Å²) in [6.07, 6.45) is 0. The smallest absolute Gasteiger partial charge is 0.317 e. The van der Waals surface area contributed by atoms with Crippen LogP contribution in [-0.4, -0.2) is 53.6 Å². The number of carboxylic acid groups (broad SMARTS) is 1. The number of carbonyl (C=O) groups excluding carboxylic acids is 1. The fourth-order valence-corrected chi connectivity index (χ4v) is 1.65. The number of hydrogen-bond donors (Lipinski definition) is 3. The van der Waals surface area contributed by atoms with Crippen LogP contribution in [0.2, 0.25) is 0 Å². The van der Waals surface area contributed by atoms with Gasteiger partial charge in [0.15, 0.2) is 0 Å². The molecule has 0 radical (unpaired) electrons. The summed E-state index contributed by atoms with van der Waals surface area (Å²) in [6.45, 7) is 2.42. The summed E-state index contributed by atoms with van der Waals surface area (Å²) >= 11 is 0. The number of carboxylic acids is 1. The number of nitrogens with zero attached hydrogens (tertiary/aromatic N) is 1. The summed E-state index contributed by atoms with van der Waals surface area (Å²) in [5, 5.41) is 11.3. The molecule has 1 aliphatic heterocycles. The first-order chi connectivity index (χ1) is 6.49. The van der Waals surface area contributed by atoms with Gasteiger partial charge in [0.25, 0.3) is 0 Å². The molecule has 80 valence electrons. The number of amides is 1. The standard InChI is InChI=1S/C8H15N3O3/c1-5(12)10-7-3-11(2-6(7)9)4-8(13)14/h6-7H,2-4,9H2,1H3,(H,10,12)(H,13,14)/t6-,7-/m0/s1. The Bertz CT molecular complexity index is 244. The average Bonchev–Trinajstić information content (AvgIpc) is 2.28. The van der Waals surface area contributed by atoms with E-state index in [0.717, 1.165) is 0 Å². The molecule has 0 saturated carbocycles. The Balaban J connectivity index is 2.42. The van der Waals surface area contributed by atoms with Gasteiger partial charge in [0.1, 0.15) is 0 Å². The summed E-state index contributed by atoms with van der Waals surface area (Å²) in [7, 11) is 0. The number of carbonyl (C=O) groups is 2. The third-order valence-corrected chi connectivity index (χ3v) is 2.19. The molecule has 0 aliphatic carbocycles. The van der Waals surface area contributed by atoms with Gasteiger partial charge in [-0.1, -0.05) is 0 Å². The summed E-state index contributed by atoms with van der Waals surface area (Å²) in [5.41, 5.74) is 5.74. The lowest BCUT2D eigenvalue weighted by Gasteiger charge is -2.14. The van der Waals surface area contributed by atoms with Crippen LogP contribution in [0.15, 0.2) is 0 Å². The highest BCUT2D eigenvalue weighted by Gasteiger charge is 2.31. The van der Waals surface area contributed by atoms with Crippen molar-refractivity contribution in [1.82, 2.24) is 10.2 Å². The van der Waals surface area contributed by atoms with E-state index in [4.69, 9.17) is 10.8 Å². The monoisotopic (exact) mass is 201 g/mol. The fraction of sp³-hybridized carbons (Fsp3) is 0.750. The maximum atomic E-state index is 10.8. The molecular formula is C8H15N3O3. The number of rotatable bonds is 3. The van der Waals surface area contributed by atoms with E-state index in [9.17, 15) is 9.59 Å². The van der Waals surface area contributed by atoms with Crippen molar-refractivity contribution in [3.8, 4) is 0 Å². The molecule has 1 saturated heterocycles. The lowest BCUT2D eigenvalue weighted by atomic mass is 10.2. The highest BCUT2D eigenvalue weighted by atomic mass is 16.4. The van der Waals surface area contributed by atoms with Gasteiger partial charge in [0.05, 0.1) is 12.6 Å². The van der Waals surface area contributed by atoms with Crippen molar-refractivity contribution in [2.24, 2.45) is 5.73 Å². The summed E-state index contributed by atoms with van der Waals surface area (Å²) in [5.74, 6) is -1.01. The van der Waals surface area contributed by atoms with Gasteiger partial charge in [-0.2, -0.15) is 0 Å². The average molecular weight is 201 g/mol. The first-order valence-electron chi connectivity index (χ1n) is 4.46. The molecule has 2 atom stereocenters. The van der Waals surface area contributed by atoms with Crippen molar-refractivity contribution in [2.45, 2.75) is 19.0 Å². The molecule has 6 heteroatoms. The summed E-state index contributed by atoms with van der Waals surface area (Å²) in [4.78, 5) is 22.9. The molecule has 1 rings (SSSR count). The van der Waals surface area contributed by atoms with Gasteiger partial charge in [-0.15, -0.1) is 0 Å². The molecule has 1 aliphatic rings. The zero-order valence-corrected chi connectivity index (χ0v) is 8.06. The molecule has 6 nitrogen and oxygen atoms in total. The predicted molar refractivity (Wildman–Crippen MR) is 49.7 cm³/mol. The first-order valence-corrected chi connectivity index (χ1v) is 4.46. The van der Waals surface area contributed by atoms with Gasteiger partial charge >= 0.3 is 5.97 Å². The van der Waals surface area contributed by atoms with E-state index in [2.05, 4.69) is 5.32 Å². The first kappa shape index (κ1) is 10.9. The van der Waals surface area contributed by atoms with Crippen LogP contribution in [0.3, 0.4) is 0 Å². The lowest BCUT2D eigenvalue weighted by Crippen LogP contribution is -2.45. The third kappa shape index (κ3) is 2.97. The molecule has 14 heavy (non-hydrogen) atoms. The molecule has 0 aromatic heterocycles. The van der Waals surface area contributed by atoms with Gasteiger partial charge < -0.3 is 16.2 Å². The highest BCUT2D eigenvalue weighted by molar-refractivity contribution is 5.73. The minimum atomic E-state index is -0.874. The van der Waals surface area contributed by atoms with E-state index in [1.165, 1.54) is 6.92 Å². The molecule has 0 aromatic carbocycles. The second-order valence-electron chi connectivity index (χ2n) is 3.56. The molecule has 0 aromatic rings. The molecule has 0 unspecified atom stereocenters. The predicted octanol–water partition coefficient (Wildman–Crippen LogP) is -1.78. The maximum Gasteiger partial charge on any atom is 0.317 e. The molecule has 1 amide bonds. The zero-order valence-electron chi connectivity index (χ0n) is 8.06. The minimum Gasteiger partial charge on any atom is -0.480 e. The molecular weight excluding hydrogens is 186 g/mol. The van der Waals surface area contributed by atoms with Crippen molar-refractivity contribution in [3.63, 3.8) is 0 Å². The Morgan fingerprint density at radius 3 is 2.71 bits per heavy atom. The number of hydrogen-bond acceptors (Lipinski definition) is 4. The van der Waals surface area contributed by atoms with Gasteiger partial charge in [-0.3, -0.25) is 14.5 Å². The second-order valence-corrected chi connectivity index (χ2v) is 3.56. The van der Waals surface area contributed by atoms with E-state index in [1.807, 2.05) is 0 Å². The van der Waals surface area contributed by atoms with Crippen molar-refractivity contribution >= 4 is 11.9 Å². The molecule has 0 bridgehead atoms. The number of nitrogens with one attached hydrogen (secondary N) is 1. The Labute approximate surface area is 82.1 Å². The van der Waals surface area contributed by atoms with Gasteiger partial charge in [-0.25, -0.2) is 0 Å². The topological polar surface area (TPSA) is 95.7 Å². The lowest BCUT2D eigenvalue weighted by molar-refractivity contribution is -0.138. The number of nitrogens with two attached hydrogens (primary N) is 1. The van der Waals surface area contributed by atoms with Crippen LogP contribution in [-0.2, 0) is 9.59 Å². The molecule has 1 fully saturated rings. The molecule has 1 heterocycles. The normalized spacial score (nSPS) is 27.6. The number of likely N-dealkylation sites (tertiary alicyclic amines) is 1. The minimum absolute atomic E-state index is 0.0240. The van der Waals surface area contributed by atoms with Crippen LogP contribution in [0.1, 0.15) is 6.92 Å². The van der Waals surface area contributed by atoms with Crippen LogP contribution in [0.4, 0.5) is 0 Å². The van der Waals surface area contributed by atoms with E-state index >= 15 is 0 Å². The second kappa shape index (κ2) is 4.39. The SMILES string of the molecule is CC(=O)N[C@H]1CN(CC(=O)O)C[C@@H]1N. The van der Waals surface area contributed by atoms with Gasteiger partial charge in [0.2, 0.25) is 5.91 Å². The van der Waals surface area contributed by atoms with Crippen LogP contribution in [0.25, 0.3) is 0 Å². The fourth-order valence-electron chi connectivity index (χ4n) is 1.65. The zero-order chi connectivity index (χ0) is 10.7. The molecule has 0 spiro atoms. The number of aliphatic carboxylic acids is 1. The maximum absolute atomic E-state index is 10.8. The van der Waals surface area contributed by atoms with Crippen LogP contribution in [0, 0.1) is 0 Å². The van der Waals surface area contributed by atoms with E-state index in [-0.39, 0.29) is 24.5 Å². The van der Waals surface area contributed by atoms with Crippen LogP contribution >= 0.6 is 0 Å². The van der Waals surface area contributed by atoms with Crippen molar-refractivity contribution in [2.75, 3.05) is 19.6 Å². The van der Waals surface area contributed by atoms with Crippen molar-refractivity contribution < 1.29 is 14.7 Å². The van der Waals surface area contributed by atoms with Gasteiger partial charge in [0, 0.05) is 26.1 Å². The van der Waals surface area contributed by atoms with E-state index < -0.39 is 5.97 Å². The van der Waals surface area contributed by atoms with Crippen molar-refractivity contribution in [1.29, 1.82) is 0 Å². The Morgan fingerprint density at radius 2 is 2.21 bits per heavy atom. The summed E-state index contributed by atoms with van der Waals surface area (Å²) < 4.78 is 0. The quantitative estimate of drug-likeness (QED) is 0.501. The Morgan fingerprint density at radius 1 is 1.57 bits per heavy atom. The van der Waals surface area contributed by atoms with E-state index in [0.29, 0.717) is 13.1 Å². The van der Waals surface area contributed by atoms with Crippen LogP contribution < -0.4 is 11.1 Å². The summed E-state index contributed by atoms with van der Waals surface area (Å²) in [6, 6.07) is -0.315. The Kier molecular flexibility index (Phi) is 3.43. The van der Waals surface area contributed by atoms with Gasteiger partial charge in [-0.05, 0) is 0 Å². The third-order valence-electron chi connectivity index (χ3n) is 2.19. The largest absolute Gasteiger partial charge is 0.480 e. The van der Waals surface area contributed by atoms with Crippen molar-refractivity contribution in [3.05, 3.63) is 0 Å².